The van der Waals surface area contributed by atoms with Gasteiger partial charge in [0.1, 0.15) is 5.82 Å². The molecule has 1 aromatic carbocycles. The predicted molar refractivity (Wildman–Crippen MR) is 76.9 cm³/mol. The summed E-state index contributed by atoms with van der Waals surface area (Å²) < 4.78 is 36.5. The van der Waals surface area contributed by atoms with E-state index in [2.05, 4.69) is 11.8 Å². The van der Waals surface area contributed by atoms with Gasteiger partial charge in [-0.2, -0.15) is 0 Å². The average Bonchev–Trinajstić information content (AvgIpc) is 2.45. The molecule has 0 unspecified atom stereocenters. The summed E-state index contributed by atoms with van der Waals surface area (Å²) >= 11 is 0. The van der Waals surface area contributed by atoms with Gasteiger partial charge in [0.05, 0.1) is 23.6 Å². The van der Waals surface area contributed by atoms with Crippen molar-refractivity contribution in [2.45, 2.75) is 0 Å². The van der Waals surface area contributed by atoms with E-state index in [1.54, 1.807) is 0 Å². The Balaban J connectivity index is 2.15. The molecule has 0 aromatic heterocycles. The fourth-order valence-corrected chi connectivity index (χ4v) is 3.20. The molecule has 1 aliphatic rings. The maximum atomic E-state index is 13.8. The molecule has 0 bridgehead atoms. The standard InChI is InChI=1S/C14H15FN2O3S/c15-13-10-12(4-3-11(13)2-1-5-16)14(18)17-6-8-21(19,20)9-7-17/h3-4,10H,5-9,16H2. The summed E-state index contributed by atoms with van der Waals surface area (Å²) in [5, 5.41) is 0. The van der Waals surface area contributed by atoms with Gasteiger partial charge in [-0.15, -0.1) is 0 Å². The lowest BCUT2D eigenvalue weighted by atomic mass is 10.1. The number of carbonyl (C=O) groups excluding carboxylic acids is 1. The first-order valence-corrected chi connectivity index (χ1v) is 8.23. The highest BCUT2D eigenvalue weighted by atomic mass is 32.2. The predicted octanol–water partition coefficient (Wildman–Crippen LogP) is 0.00650. The molecule has 21 heavy (non-hydrogen) atoms. The molecule has 1 aliphatic heterocycles. The molecule has 1 aromatic rings. The Morgan fingerprint density at radius 1 is 1.33 bits per heavy atom. The number of sulfone groups is 1. The Hall–Kier alpha value is -1.91. The normalized spacial score (nSPS) is 17.0. The summed E-state index contributed by atoms with van der Waals surface area (Å²) in [6, 6.07) is 4.02. The molecule has 0 spiro atoms. The summed E-state index contributed by atoms with van der Waals surface area (Å²) in [5.74, 6) is 4.04. The van der Waals surface area contributed by atoms with Crippen LogP contribution in [0.3, 0.4) is 0 Å². The number of benzene rings is 1. The van der Waals surface area contributed by atoms with Gasteiger partial charge in [0.2, 0.25) is 0 Å². The average molecular weight is 310 g/mol. The zero-order valence-electron chi connectivity index (χ0n) is 11.3. The van der Waals surface area contributed by atoms with Crippen molar-refractivity contribution in [1.29, 1.82) is 0 Å². The van der Waals surface area contributed by atoms with Crippen LogP contribution in [0.15, 0.2) is 18.2 Å². The van der Waals surface area contributed by atoms with Gasteiger partial charge in [0.25, 0.3) is 5.91 Å². The Bertz CT molecular complexity index is 705. The van der Waals surface area contributed by atoms with Crippen molar-refractivity contribution in [2.75, 3.05) is 31.1 Å². The smallest absolute Gasteiger partial charge is 0.254 e. The third-order valence-electron chi connectivity index (χ3n) is 3.17. The van der Waals surface area contributed by atoms with E-state index in [-0.39, 0.29) is 48.2 Å². The lowest BCUT2D eigenvalue weighted by Gasteiger charge is -2.26. The van der Waals surface area contributed by atoms with Gasteiger partial charge in [-0.1, -0.05) is 11.8 Å². The van der Waals surface area contributed by atoms with Crippen molar-refractivity contribution in [3.05, 3.63) is 35.1 Å². The molecule has 1 saturated heterocycles. The topological polar surface area (TPSA) is 80.5 Å². The van der Waals surface area contributed by atoms with Gasteiger partial charge < -0.3 is 10.6 Å². The first kappa shape index (κ1) is 15.5. The SMILES string of the molecule is NCC#Cc1ccc(C(=O)N2CCS(=O)(=O)CC2)cc1F. The van der Waals surface area contributed by atoms with Crippen LogP contribution in [0.25, 0.3) is 0 Å². The van der Waals surface area contributed by atoms with E-state index in [0.717, 1.165) is 6.07 Å². The largest absolute Gasteiger partial charge is 0.337 e. The highest BCUT2D eigenvalue weighted by Crippen LogP contribution is 2.14. The molecule has 2 rings (SSSR count). The molecular formula is C14H15FN2O3S. The van der Waals surface area contributed by atoms with Crippen molar-refractivity contribution in [2.24, 2.45) is 5.73 Å². The lowest BCUT2D eigenvalue weighted by molar-refractivity contribution is 0.0770. The molecule has 1 fully saturated rings. The van der Waals surface area contributed by atoms with E-state index in [0.29, 0.717) is 0 Å². The van der Waals surface area contributed by atoms with Crippen LogP contribution in [-0.4, -0.2) is 50.4 Å². The van der Waals surface area contributed by atoms with E-state index in [4.69, 9.17) is 5.73 Å². The van der Waals surface area contributed by atoms with Crippen LogP contribution in [0.5, 0.6) is 0 Å². The van der Waals surface area contributed by atoms with E-state index in [1.807, 2.05) is 0 Å². The van der Waals surface area contributed by atoms with Crippen molar-refractivity contribution in [1.82, 2.24) is 4.90 Å². The minimum Gasteiger partial charge on any atom is -0.337 e. The van der Waals surface area contributed by atoms with E-state index >= 15 is 0 Å². The Labute approximate surface area is 122 Å². The summed E-state index contributed by atoms with van der Waals surface area (Å²) in [4.78, 5) is 13.6. The number of nitrogens with zero attached hydrogens (tertiary/aromatic N) is 1. The zero-order valence-corrected chi connectivity index (χ0v) is 12.1. The van der Waals surface area contributed by atoms with E-state index < -0.39 is 15.7 Å². The Morgan fingerprint density at radius 3 is 2.57 bits per heavy atom. The molecular weight excluding hydrogens is 295 g/mol. The third kappa shape index (κ3) is 3.80. The number of hydrogen-bond donors (Lipinski definition) is 1. The molecule has 0 radical (unpaired) electrons. The van der Waals surface area contributed by atoms with Gasteiger partial charge >= 0.3 is 0 Å². The van der Waals surface area contributed by atoms with Gasteiger partial charge in [-0.3, -0.25) is 4.79 Å². The summed E-state index contributed by atoms with van der Waals surface area (Å²) in [7, 11) is -3.05. The first-order valence-electron chi connectivity index (χ1n) is 6.41. The zero-order chi connectivity index (χ0) is 15.5. The highest BCUT2D eigenvalue weighted by Gasteiger charge is 2.26. The lowest BCUT2D eigenvalue weighted by Crippen LogP contribution is -2.43. The molecule has 7 heteroatoms. The maximum Gasteiger partial charge on any atom is 0.254 e. The number of nitrogens with two attached hydrogens (primary N) is 1. The van der Waals surface area contributed by atoms with E-state index in [9.17, 15) is 17.6 Å². The fraction of sp³-hybridized carbons (Fsp3) is 0.357. The first-order chi connectivity index (χ1) is 9.93. The molecule has 112 valence electrons. The highest BCUT2D eigenvalue weighted by molar-refractivity contribution is 7.91. The van der Waals surface area contributed by atoms with Crippen molar-refractivity contribution in [3.8, 4) is 11.8 Å². The van der Waals surface area contributed by atoms with E-state index in [1.165, 1.54) is 17.0 Å². The summed E-state index contributed by atoms with van der Waals surface area (Å²) in [5.41, 5.74) is 5.58. The van der Waals surface area contributed by atoms with Gasteiger partial charge in [-0.25, -0.2) is 12.8 Å². The maximum absolute atomic E-state index is 13.8. The van der Waals surface area contributed by atoms with Crippen LogP contribution in [0.2, 0.25) is 0 Å². The van der Waals surface area contributed by atoms with Crippen LogP contribution in [-0.2, 0) is 9.84 Å². The number of amides is 1. The molecule has 0 aliphatic carbocycles. The molecule has 1 heterocycles. The van der Waals surface area contributed by atoms with Gasteiger partial charge in [0.15, 0.2) is 9.84 Å². The minimum absolute atomic E-state index is 0.0543. The van der Waals surface area contributed by atoms with Crippen molar-refractivity contribution < 1.29 is 17.6 Å². The second-order valence-electron chi connectivity index (χ2n) is 4.64. The van der Waals surface area contributed by atoms with Crippen LogP contribution < -0.4 is 5.73 Å². The molecule has 2 N–H and O–H groups in total. The number of halogens is 1. The number of hydrogen-bond acceptors (Lipinski definition) is 4. The minimum atomic E-state index is -3.05. The summed E-state index contributed by atoms with van der Waals surface area (Å²) in [6.45, 7) is 0.400. The summed E-state index contributed by atoms with van der Waals surface area (Å²) in [6.07, 6.45) is 0. The van der Waals surface area contributed by atoms with Gasteiger partial charge in [-0.05, 0) is 18.2 Å². The number of carbonyl (C=O) groups is 1. The monoisotopic (exact) mass is 310 g/mol. The van der Waals surface area contributed by atoms with Crippen molar-refractivity contribution in [3.63, 3.8) is 0 Å². The van der Waals surface area contributed by atoms with Crippen LogP contribution in [0, 0.1) is 17.7 Å². The van der Waals surface area contributed by atoms with Gasteiger partial charge in [0, 0.05) is 18.7 Å². The molecule has 5 nitrogen and oxygen atoms in total. The Morgan fingerprint density at radius 2 is 2.00 bits per heavy atom. The fourth-order valence-electron chi connectivity index (χ4n) is 1.99. The second-order valence-corrected chi connectivity index (χ2v) is 6.95. The van der Waals surface area contributed by atoms with Crippen LogP contribution in [0.1, 0.15) is 15.9 Å². The van der Waals surface area contributed by atoms with Crippen LogP contribution >= 0.6 is 0 Å². The molecule has 1 amide bonds. The van der Waals surface area contributed by atoms with Crippen LogP contribution in [0.4, 0.5) is 4.39 Å². The quantitative estimate of drug-likeness (QED) is 0.741. The second kappa shape index (κ2) is 6.24. The number of rotatable bonds is 1. The molecule has 0 atom stereocenters. The third-order valence-corrected chi connectivity index (χ3v) is 4.78. The van der Waals surface area contributed by atoms with Crippen molar-refractivity contribution >= 4 is 15.7 Å². The molecule has 0 saturated carbocycles. The Kier molecular flexibility index (Phi) is 4.60.